The number of halogens is 1. The summed E-state index contributed by atoms with van der Waals surface area (Å²) in [6.45, 7) is 5.45. The maximum absolute atomic E-state index is 5.96. The van der Waals surface area contributed by atoms with E-state index < -0.39 is 0 Å². The minimum atomic E-state index is 0.614. The van der Waals surface area contributed by atoms with Crippen LogP contribution < -0.4 is 0 Å². The summed E-state index contributed by atoms with van der Waals surface area (Å²) in [5.74, 6) is 2.45. The Morgan fingerprint density at radius 3 is 2.62 bits per heavy atom. The number of aryl methyl sites for hydroxylation is 3. The highest BCUT2D eigenvalue weighted by molar-refractivity contribution is 6.17. The normalized spacial score (nSPS) is 17.9. The van der Waals surface area contributed by atoms with Crippen LogP contribution in [0.4, 0.5) is 0 Å². The van der Waals surface area contributed by atoms with Crippen molar-refractivity contribution < 1.29 is 0 Å². The number of piperidine rings is 1. The molecule has 0 spiro atoms. The second kappa shape index (κ2) is 5.97. The highest BCUT2D eigenvalue weighted by atomic mass is 35.5. The van der Waals surface area contributed by atoms with Gasteiger partial charge in [-0.1, -0.05) is 0 Å². The van der Waals surface area contributed by atoms with Crippen LogP contribution in [0.25, 0.3) is 11.2 Å². The number of alkyl halides is 1. The van der Waals surface area contributed by atoms with Crippen LogP contribution in [0.2, 0.25) is 0 Å². The van der Waals surface area contributed by atoms with Crippen molar-refractivity contribution in [3.05, 3.63) is 11.5 Å². The molecule has 1 aliphatic heterocycles. The largest absolute Gasteiger partial charge is 0.313 e. The molecule has 0 unspecified atom stereocenters. The second-order valence-corrected chi connectivity index (χ2v) is 6.58. The summed E-state index contributed by atoms with van der Waals surface area (Å²) in [5, 5.41) is 4.51. The fraction of sp³-hybridized carbons (Fsp3) is 0.733. The first kappa shape index (κ1) is 14.9. The van der Waals surface area contributed by atoms with Crippen LogP contribution in [0.15, 0.2) is 0 Å². The molecule has 3 heterocycles. The topological polar surface area (TPSA) is 38.9 Å². The standard InChI is InChI=1S/C15H24ClN5/c1-11-14-15(20(3)18-11)21(13(17-14)4-7-16)10-12-5-8-19(2)9-6-12/h12H,4-10H2,1-3H3. The van der Waals surface area contributed by atoms with Gasteiger partial charge in [0.15, 0.2) is 5.65 Å². The Kier molecular flexibility index (Phi) is 4.22. The van der Waals surface area contributed by atoms with E-state index in [0.29, 0.717) is 5.88 Å². The molecule has 0 aromatic carbocycles. The van der Waals surface area contributed by atoms with Crippen molar-refractivity contribution in [1.29, 1.82) is 0 Å². The molecule has 1 aliphatic rings. The van der Waals surface area contributed by atoms with Crippen LogP contribution >= 0.6 is 11.6 Å². The minimum absolute atomic E-state index is 0.614. The van der Waals surface area contributed by atoms with Crippen molar-refractivity contribution >= 4 is 22.8 Å². The number of hydrogen-bond donors (Lipinski definition) is 0. The number of aromatic nitrogens is 4. The van der Waals surface area contributed by atoms with E-state index >= 15 is 0 Å². The van der Waals surface area contributed by atoms with Crippen LogP contribution in [0, 0.1) is 12.8 Å². The first-order chi connectivity index (χ1) is 10.1. The fourth-order valence-corrected chi connectivity index (χ4v) is 3.52. The summed E-state index contributed by atoms with van der Waals surface area (Å²) in [4.78, 5) is 7.20. The zero-order valence-electron chi connectivity index (χ0n) is 13.1. The third-order valence-electron chi connectivity index (χ3n) is 4.57. The first-order valence-corrected chi connectivity index (χ1v) is 8.26. The molecule has 0 N–H and O–H groups in total. The van der Waals surface area contributed by atoms with Crippen molar-refractivity contribution in [2.75, 3.05) is 26.0 Å². The van der Waals surface area contributed by atoms with Gasteiger partial charge in [0, 0.05) is 25.9 Å². The summed E-state index contributed by atoms with van der Waals surface area (Å²) < 4.78 is 4.32. The van der Waals surface area contributed by atoms with Crippen LogP contribution in [0.3, 0.4) is 0 Å². The van der Waals surface area contributed by atoms with Gasteiger partial charge in [0.05, 0.1) is 5.69 Å². The quantitative estimate of drug-likeness (QED) is 0.813. The summed E-state index contributed by atoms with van der Waals surface area (Å²) in [7, 11) is 4.21. The van der Waals surface area contributed by atoms with Crippen molar-refractivity contribution in [2.24, 2.45) is 13.0 Å². The van der Waals surface area contributed by atoms with Crippen molar-refractivity contribution in [3.8, 4) is 0 Å². The molecular formula is C15H24ClN5. The zero-order valence-corrected chi connectivity index (χ0v) is 13.9. The van der Waals surface area contributed by atoms with E-state index in [1.807, 2.05) is 18.7 Å². The van der Waals surface area contributed by atoms with Crippen LogP contribution in [0.1, 0.15) is 24.4 Å². The molecule has 2 aromatic heterocycles. The zero-order chi connectivity index (χ0) is 15.0. The molecule has 0 aliphatic carbocycles. The Morgan fingerprint density at radius 2 is 1.95 bits per heavy atom. The molecule has 116 valence electrons. The molecule has 1 saturated heterocycles. The van der Waals surface area contributed by atoms with Crippen molar-refractivity contribution in [1.82, 2.24) is 24.2 Å². The van der Waals surface area contributed by atoms with Gasteiger partial charge in [0.2, 0.25) is 0 Å². The maximum Gasteiger partial charge on any atom is 0.158 e. The van der Waals surface area contributed by atoms with Gasteiger partial charge < -0.3 is 9.47 Å². The van der Waals surface area contributed by atoms with E-state index in [1.54, 1.807) is 0 Å². The SMILES string of the molecule is Cc1nn(C)c2c1nc(CCCl)n2CC1CCN(C)CC1. The lowest BCUT2D eigenvalue weighted by molar-refractivity contribution is 0.205. The summed E-state index contributed by atoms with van der Waals surface area (Å²) in [6, 6.07) is 0. The summed E-state index contributed by atoms with van der Waals surface area (Å²) in [5.41, 5.74) is 3.18. The number of imidazole rings is 1. The molecule has 6 heteroatoms. The first-order valence-electron chi connectivity index (χ1n) is 7.73. The molecule has 3 rings (SSSR count). The lowest BCUT2D eigenvalue weighted by atomic mass is 9.97. The van der Waals surface area contributed by atoms with Gasteiger partial charge in [0.25, 0.3) is 0 Å². The van der Waals surface area contributed by atoms with Crippen LogP contribution in [0.5, 0.6) is 0 Å². The molecule has 0 amide bonds. The minimum Gasteiger partial charge on any atom is -0.313 e. The predicted octanol–water partition coefficient (Wildman–Crippen LogP) is 2.20. The Bertz CT molecular complexity index is 622. The van der Waals surface area contributed by atoms with Gasteiger partial charge in [-0.15, -0.1) is 11.6 Å². The molecule has 0 radical (unpaired) electrons. The molecular weight excluding hydrogens is 286 g/mol. The van der Waals surface area contributed by atoms with E-state index in [1.165, 1.54) is 25.9 Å². The van der Waals surface area contributed by atoms with Crippen molar-refractivity contribution in [3.63, 3.8) is 0 Å². The monoisotopic (exact) mass is 309 g/mol. The lowest BCUT2D eigenvalue weighted by Crippen LogP contribution is -2.32. The number of rotatable bonds is 4. The van der Waals surface area contributed by atoms with Crippen LogP contribution in [-0.4, -0.2) is 50.2 Å². The molecule has 0 bridgehead atoms. The molecule has 21 heavy (non-hydrogen) atoms. The predicted molar refractivity (Wildman–Crippen MR) is 85.9 cm³/mol. The van der Waals surface area contributed by atoms with E-state index in [0.717, 1.165) is 41.6 Å². The Labute approximate surface area is 130 Å². The molecule has 1 fully saturated rings. The van der Waals surface area contributed by atoms with E-state index in [4.69, 9.17) is 16.6 Å². The highest BCUT2D eigenvalue weighted by Gasteiger charge is 2.22. The molecule has 5 nitrogen and oxygen atoms in total. The smallest absolute Gasteiger partial charge is 0.158 e. The van der Waals surface area contributed by atoms with Crippen molar-refractivity contribution in [2.45, 2.75) is 32.7 Å². The Morgan fingerprint density at radius 1 is 1.24 bits per heavy atom. The van der Waals surface area contributed by atoms with E-state index in [9.17, 15) is 0 Å². The third kappa shape index (κ3) is 2.81. The number of nitrogens with zero attached hydrogens (tertiary/aromatic N) is 5. The Balaban J connectivity index is 1.93. The average Bonchev–Trinajstić information content (AvgIpc) is 2.93. The number of fused-ring (bicyclic) bond motifs is 1. The lowest BCUT2D eigenvalue weighted by Gasteiger charge is -2.29. The summed E-state index contributed by atoms with van der Waals surface area (Å²) in [6.07, 6.45) is 3.34. The average molecular weight is 310 g/mol. The number of likely N-dealkylation sites (tertiary alicyclic amines) is 1. The van der Waals surface area contributed by atoms with Gasteiger partial charge in [-0.2, -0.15) is 5.10 Å². The molecule has 2 aromatic rings. The van der Waals surface area contributed by atoms with Gasteiger partial charge >= 0.3 is 0 Å². The molecule has 0 saturated carbocycles. The van der Waals surface area contributed by atoms with Crippen LogP contribution in [-0.2, 0) is 20.0 Å². The van der Waals surface area contributed by atoms with E-state index in [-0.39, 0.29) is 0 Å². The van der Waals surface area contributed by atoms with Gasteiger partial charge in [-0.25, -0.2) is 4.98 Å². The van der Waals surface area contributed by atoms with E-state index in [2.05, 4.69) is 21.6 Å². The van der Waals surface area contributed by atoms with Gasteiger partial charge in [-0.3, -0.25) is 4.68 Å². The number of hydrogen-bond acceptors (Lipinski definition) is 3. The fourth-order valence-electron chi connectivity index (χ4n) is 3.35. The Hall–Kier alpha value is -1.07. The van der Waals surface area contributed by atoms with Gasteiger partial charge in [-0.05, 0) is 45.8 Å². The second-order valence-electron chi connectivity index (χ2n) is 6.21. The summed E-state index contributed by atoms with van der Waals surface area (Å²) >= 11 is 5.96. The molecule has 0 atom stereocenters. The third-order valence-corrected chi connectivity index (χ3v) is 4.76. The van der Waals surface area contributed by atoms with Gasteiger partial charge in [0.1, 0.15) is 11.3 Å². The highest BCUT2D eigenvalue weighted by Crippen LogP contribution is 2.24. The maximum atomic E-state index is 5.96.